The van der Waals surface area contributed by atoms with E-state index in [1.807, 2.05) is 0 Å². The maximum atomic E-state index is 11.8. The van der Waals surface area contributed by atoms with Crippen LogP contribution in [-0.4, -0.2) is 26.0 Å². The van der Waals surface area contributed by atoms with Gasteiger partial charge in [0.2, 0.25) is 0 Å². The molecular formula is C16H31NO2S. The second kappa shape index (κ2) is 5.96. The smallest absolute Gasteiger partial charge is 0.150 e. The van der Waals surface area contributed by atoms with Gasteiger partial charge in [0.25, 0.3) is 0 Å². The van der Waals surface area contributed by atoms with E-state index in [4.69, 9.17) is 5.73 Å². The highest BCUT2D eigenvalue weighted by Crippen LogP contribution is 2.45. The summed E-state index contributed by atoms with van der Waals surface area (Å²) in [4.78, 5) is 0. The van der Waals surface area contributed by atoms with Gasteiger partial charge in [-0.2, -0.15) is 0 Å². The lowest BCUT2D eigenvalue weighted by atomic mass is 9.62. The van der Waals surface area contributed by atoms with E-state index >= 15 is 0 Å². The van der Waals surface area contributed by atoms with Gasteiger partial charge < -0.3 is 5.73 Å². The van der Waals surface area contributed by atoms with E-state index in [-0.39, 0.29) is 11.3 Å². The molecule has 0 amide bonds. The van der Waals surface area contributed by atoms with Crippen LogP contribution in [0.5, 0.6) is 0 Å². The van der Waals surface area contributed by atoms with Crippen LogP contribution in [0.3, 0.4) is 0 Å². The van der Waals surface area contributed by atoms with E-state index in [1.165, 1.54) is 31.9 Å². The van der Waals surface area contributed by atoms with Crippen molar-refractivity contribution in [2.24, 2.45) is 23.0 Å². The number of hydrogen-bond donors (Lipinski definition) is 1. The van der Waals surface area contributed by atoms with Crippen LogP contribution in [0.25, 0.3) is 0 Å². The zero-order valence-corrected chi connectivity index (χ0v) is 14.1. The molecule has 0 bridgehead atoms. The lowest BCUT2D eigenvalue weighted by Gasteiger charge is -2.45. The van der Waals surface area contributed by atoms with E-state index in [9.17, 15) is 8.42 Å². The van der Waals surface area contributed by atoms with Crippen LogP contribution in [0.2, 0.25) is 0 Å². The number of rotatable bonds is 3. The SMILES string of the molecule is CC1(C)CCCCC1C(N)C1CCCC(S(C)(=O)=O)C1. The van der Waals surface area contributed by atoms with Gasteiger partial charge in [-0.25, -0.2) is 8.42 Å². The Kier molecular flexibility index (Phi) is 4.85. The Morgan fingerprint density at radius 2 is 1.80 bits per heavy atom. The molecule has 3 nitrogen and oxygen atoms in total. The normalized spacial score (nSPS) is 36.5. The average Bonchev–Trinajstić information content (AvgIpc) is 2.37. The molecule has 0 spiro atoms. The number of sulfone groups is 1. The van der Waals surface area contributed by atoms with Gasteiger partial charge >= 0.3 is 0 Å². The largest absolute Gasteiger partial charge is 0.327 e. The molecular weight excluding hydrogens is 270 g/mol. The molecule has 2 aliphatic carbocycles. The lowest BCUT2D eigenvalue weighted by Crippen LogP contribution is -2.48. The van der Waals surface area contributed by atoms with Gasteiger partial charge in [-0.05, 0) is 49.4 Å². The first-order valence-electron chi connectivity index (χ1n) is 8.16. The molecule has 4 atom stereocenters. The molecule has 0 heterocycles. The highest BCUT2D eigenvalue weighted by molar-refractivity contribution is 7.91. The maximum absolute atomic E-state index is 11.8. The monoisotopic (exact) mass is 301 g/mol. The second-order valence-corrected chi connectivity index (χ2v) is 10.1. The predicted molar refractivity (Wildman–Crippen MR) is 84.3 cm³/mol. The van der Waals surface area contributed by atoms with Crippen molar-refractivity contribution in [2.75, 3.05) is 6.26 Å². The fourth-order valence-electron chi connectivity index (χ4n) is 4.48. The van der Waals surface area contributed by atoms with Gasteiger partial charge in [0.1, 0.15) is 9.84 Å². The van der Waals surface area contributed by atoms with Gasteiger partial charge in [-0.1, -0.05) is 33.1 Å². The van der Waals surface area contributed by atoms with Crippen molar-refractivity contribution in [1.82, 2.24) is 0 Å². The summed E-state index contributed by atoms with van der Waals surface area (Å²) in [7, 11) is -2.91. The van der Waals surface area contributed by atoms with Gasteiger partial charge in [0, 0.05) is 12.3 Å². The number of nitrogens with two attached hydrogens (primary N) is 1. The van der Waals surface area contributed by atoms with Crippen molar-refractivity contribution in [3.8, 4) is 0 Å². The summed E-state index contributed by atoms with van der Waals surface area (Å²) in [5.41, 5.74) is 6.92. The minimum Gasteiger partial charge on any atom is -0.327 e. The first-order valence-corrected chi connectivity index (χ1v) is 10.1. The molecule has 2 saturated carbocycles. The maximum Gasteiger partial charge on any atom is 0.150 e. The standard InChI is InChI=1S/C16H31NO2S/c1-16(2)10-5-4-9-14(16)15(17)12-7-6-8-13(11-12)20(3,18)19/h12-15H,4-11,17H2,1-3H3. The van der Waals surface area contributed by atoms with Crippen molar-refractivity contribution < 1.29 is 8.42 Å². The molecule has 0 radical (unpaired) electrons. The lowest BCUT2D eigenvalue weighted by molar-refractivity contribution is 0.0806. The van der Waals surface area contributed by atoms with E-state index in [2.05, 4.69) is 13.8 Å². The van der Waals surface area contributed by atoms with Crippen LogP contribution in [-0.2, 0) is 9.84 Å². The molecule has 2 aliphatic rings. The van der Waals surface area contributed by atoms with E-state index in [1.54, 1.807) is 0 Å². The van der Waals surface area contributed by atoms with Crippen molar-refractivity contribution in [1.29, 1.82) is 0 Å². The van der Waals surface area contributed by atoms with Crippen molar-refractivity contribution >= 4 is 9.84 Å². The Morgan fingerprint density at radius 3 is 2.40 bits per heavy atom. The van der Waals surface area contributed by atoms with Gasteiger partial charge in [0.15, 0.2) is 0 Å². The van der Waals surface area contributed by atoms with E-state index in [0.29, 0.717) is 17.3 Å². The molecule has 4 heteroatoms. The zero-order chi connectivity index (χ0) is 15.0. The molecule has 2 fully saturated rings. The molecule has 4 unspecified atom stereocenters. The summed E-state index contributed by atoms with van der Waals surface area (Å²) in [5.74, 6) is 0.949. The van der Waals surface area contributed by atoms with Crippen LogP contribution < -0.4 is 5.73 Å². The molecule has 0 aliphatic heterocycles. The molecule has 2 N–H and O–H groups in total. The van der Waals surface area contributed by atoms with Crippen LogP contribution in [0, 0.1) is 17.3 Å². The molecule has 0 aromatic rings. The van der Waals surface area contributed by atoms with Crippen molar-refractivity contribution in [3.05, 3.63) is 0 Å². The van der Waals surface area contributed by atoms with Crippen molar-refractivity contribution in [2.45, 2.75) is 76.5 Å². The zero-order valence-electron chi connectivity index (χ0n) is 13.3. The fourth-order valence-corrected chi connectivity index (χ4v) is 5.67. The third-order valence-corrected chi connectivity index (χ3v) is 7.51. The van der Waals surface area contributed by atoms with Crippen LogP contribution in [0.1, 0.15) is 65.2 Å². The molecule has 0 aromatic heterocycles. The summed E-state index contributed by atoms with van der Waals surface area (Å²) in [6.07, 6.45) is 10.2. The topological polar surface area (TPSA) is 60.2 Å². The Balaban J connectivity index is 2.06. The predicted octanol–water partition coefficient (Wildman–Crippen LogP) is 3.13. The average molecular weight is 301 g/mol. The second-order valence-electron chi connectivity index (χ2n) is 7.80. The summed E-state index contributed by atoms with van der Waals surface area (Å²) in [6, 6.07) is 0.176. The highest BCUT2D eigenvalue weighted by Gasteiger charge is 2.41. The molecule has 0 aromatic carbocycles. The summed E-state index contributed by atoms with van der Waals surface area (Å²) >= 11 is 0. The first kappa shape index (κ1) is 16.3. The fraction of sp³-hybridized carbons (Fsp3) is 1.00. The highest BCUT2D eigenvalue weighted by atomic mass is 32.2. The Labute approximate surface area is 124 Å². The van der Waals surface area contributed by atoms with Crippen molar-refractivity contribution in [3.63, 3.8) is 0 Å². The summed E-state index contributed by atoms with van der Waals surface area (Å²) in [6.45, 7) is 4.68. The number of hydrogen-bond acceptors (Lipinski definition) is 3. The van der Waals surface area contributed by atoms with E-state index in [0.717, 1.165) is 25.7 Å². The molecule has 20 heavy (non-hydrogen) atoms. The minimum absolute atomic E-state index is 0.154. The summed E-state index contributed by atoms with van der Waals surface area (Å²) < 4.78 is 23.6. The first-order chi connectivity index (χ1) is 9.22. The third-order valence-electron chi connectivity index (χ3n) is 5.87. The molecule has 0 saturated heterocycles. The molecule has 2 rings (SSSR count). The Bertz CT molecular complexity index is 430. The minimum atomic E-state index is -2.91. The van der Waals surface area contributed by atoms with Crippen LogP contribution >= 0.6 is 0 Å². The van der Waals surface area contributed by atoms with Gasteiger partial charge in [0.05, 0.1) is 5.25 Å². The van der Waals surface area contributed by atoms with Gasteiger partial charge in [-0.15, -0.1) is 0 Å². The third kappa shape index (κ3) is 3.56. The molecule has 118 valence electrons. The van der Waals surface area contributed by atoms with Gasteiger partial charge in [-0.3, -0.25) is 0 Å². The van der Waals surface area contributed by atoms with E-state index < -0.39 is 9.84 Å². The van der Waals surface area contributed by atoms with Crippen LogP contribution in [0.15, 0.2) is 0 Å². The summed E-state index contributed by atoms with van der Waals surface area (Å²) in [5, 5.41) is -0.154. The quantitative estimate of drug-likeness (QED) is 0.871. The Morgan fingerprint density at radius 1 is 1.10 bits per heavy atom. The van der Waals surface area contributed by atoms with Crippen LogP contribution in [0.4, 0.5) is 0 Å². The Hall–Kier alpha value is -0.0900.